The Morgan fingerprint density at radius 3 is 2.05 bits per heavy atom. The van der Waals surface area contributed by atoms with Crippen LogP contribution in [-0.4, -0.2) is 37.1 Å². The van der Waals surface area contributed by atoms with Crippen molar-refractivity contribution in [3.8, 4) is 11.5 Å². The van der Waals surface area contributed by atoms with Crippen molar-refractivity contribution in [3.05, 3.63) is 60.7 Å². The molecule has 1 fully saturated rings. The van der Waals surface area contributed by atoms with Crippen molar-refractivity contribution in [2.24, 2.45) is 5.92 Å². The maximum atomic E-state index is 12.0. The predicted molar refractivity (Wildman–Crippen MR) is 83.9 cm³/mol. The lowest BCUT2D eigenvalue weighted by Gasteiger charge is -2.38. The largest absolute Gasteiger partial charge is 0.493 e. The summed E-state index contributed by atoms with van der Waals surface area (Å²) in [4.78, 5) is 13.8. The van der Waals surface area contributed by atoms with Gasteiger partial charge < -0.3 is 14.4 Å². The number of carbonyl (C=O) groups excluding carboxylic acids is 1. The van der Waals surface area contributed by atoms with Gasteiger partial charge in [-0.2, -0.15) is 0 Å². The molecule has 4 heteroatoms. The van der Waals surface area contributed by atoms with Gasteiger partial charge in [-0.3, -0.25) is 4.79 Å². The summed E-state index contributed by atoms with van der Waals surface area (Å²) in [7, 11) is 0. The summed E-state index contributed by atoms with van der Waals surface area (Å²) < 4.78 is 11.2. The average molecular weight is 297 g/mol. The van der Waals surface area contributed by atoms with Crippen LogP contribution in [0.5, 0.6) is 11.5 Å². The molecule has 0 saturated carbocycles. The van der Waals surface area contributed by atoms with Gasteiger partial charge in [0.15, 0.2) is 6.61 Å². The molecule has 2 aromatic rings. The number of rotatable bonds is 6. The summed E-state index contributed by atoms with van der Waals surface area (Å²) in [5, 5.41) is 0. The van der Waals surface area contributed by atoms with E-state index in [-0.39, 0.29) is 12.5 Å². The fourth-order valence-electron chi connectivity index (χ4n) is 2.36. The number of benzene rings is 2. The van der Waals surface area contributed by atoms with Gasteiger partial charge in [-0.05, 0) is 24.3 Å². The van der Waals surface area contributed by atoms with Crippen LogP contribution >= 0.6 is 0 Å². The van der Waals surface area contributed by atoms with Gasteiger partial charge in [0.1, 0.15) is 11.5 Å². The minimum Gasteiger partial charge on any atom is -0.493 e. The molecule has 3 rings (SSSR count). The molecule has 0 radical (unpaired) electrons. The molecule has 0 unspecified atom stereocenters. The molecule has 0 bridgehead atoms. The molecule has 4 nitrogen and oxygen atoms in total. The van der Waals surface area contributed by atoms with Gasteiger partial charge in [0.2, 0.25) is 0 Å². The second kappa shape index (κ2) is 6.98. The number of hydrogen-bond acceptors (Lipinski definition) is 3. The minimum absolute atomic E-state index is 0.0276. The molecule has 1 heterocycles. The highest BCUT2D eigenvalue weighted by Crippen LogP contribution is 2.18. The van der Waals surface area contributed by atoms with E-state index < -0.39 is 0 Å². The number of para-hydroxylation sites is 2. The van der Waals surface area contributed by atoms with Crippen molar-refractivity contribution in [2.45, 2.75) is 0 Å². The van der Waals surface area contributed by atoms with Gasteiger partial charge in [-0.15, -0.1) is 0 Å². The molecule has 0 N–H and O–H groups in total. The third-order valence-corrected chi connectivity index (χ3v) is 3.64. The van der Waals surface area contributed by atoms with Crippen LogP contribution in [0.15, 0.2) is 60.7 Å². The average Bonchev–Trinajstić information content (AvgIpc) is 2.53. The summed E-state index contributed by atoms with van der Waals surface area (Å²) in [6.45, 7) is 2.22. The van der Waals surface area contributed by atoms with Crippen LogP contribution in [0.4, 0.5) is 0 Å². The summed E-state index contributed by atoms with van der Waals surface area (Å²) in [6, 6.07) is 19.1. The van der Waals surface area contributed by atoms with E-state index in [0.29, 0.717) is 12.5 Å². The van der Waals surface area contributed by atoms with Crippen molar-refractivity contribution in [1.29, 1.82) is 0 Å². The standard InChI is InChI=1S/C18H19NO3/c20-18(14-22-17-9-5-2-6-10-17)19-11-15(12-19)13-21-16-7-3-1-4-8-16/h1-10,15H,11-14H2. The van der Waals surface area contributed by atoms with Crippen LogP contribution in [0, 0.1) is 5.92 Å². The van der Waals surface area contributed by atoms with Crippen molar-refractivity contribution in [1.82, 2.24) is 4.90 Å². The lowest BCUT2D eigenvalue weighted by atomic mass is 10.0. The lowest BCUT2D eigenvalue weighted by Crippen LogP contribution is -2.53. The van der Waals surface area contributed by atoms with E-state index in [1.54, 1.807) is 0 Å². The second-order valence-electron chi connectivity index (χ2n) is 5.39. The van der Waals surface area contributed by atoms with Gasteiger partial charge in [0.05, 0.1) is 6.61 Å². The molecule has 114 valence electrons. The fraction of sp³-hybridized carbons (Fsp3) is 0.278. The first-order chi connectivity index (χ1) is 10.8. The molecule has 1 amide bonds. The van der Waals surface area contributed by atoms with E-state index in [9.17, 15) is 4.79 Å². The van der Waals surface area contributed by atoms with E-state index in [1.165, 1.54) is 0 Å². The van der Waals surface area contributed by atoms with Gasteiger partial charge in [0.25, 0.3) is 5.91 Å². The van der Waals surface area contributed by atoms with Crippen molar-refractivity contribution in [2.75, 3.05) is 26.3 Å². The van der Waals surface area contributed by atoms with Crippen molar-refractivity contribution < 1.29 is 14.3 Å². The van der Waals surface area contributed by atoms with Gasteiger partial charge in [-0.25, -0.2) is 0 Å². The van der Waals surface area contributed by atoms with Crippen molar-refractivity contribution in [3.63, 3.8) is 0 Å². The monoisotopic (exact) mass is 297 g/mol. The van der Waals surface area contributed by atoms with Gasteiger partial charge >= 0.3 is 0 Å². The topological polar surface area (TPSA) is 38.8 Å². The first-order valence-corrected chi connectivity index (χ1v) is 7.45. The number of hydrogen-bond donors (Lipinski definition) is 0. The second-order valence-corrected chi connectivity index (χ2v) is 5.39. The quantitative estimate of drug-likeness (QED) is 0.822. The minimum atomic E-state index is 0.0276. The molecule has 1 saturated heterocycles. The normalized spacial score (nSPS) is 14.3. The van der Waals surface area contributed by atoms with E-state index in [4.69, 9.17) is 9.47 Å². The molecular weight excluding hydrogens is 278 g/mol. The number of nitrogens with zero attached hydrogens (tertiary/aromatic N) is 1. The maximum absolute atomic E-state index is 12.0. The number of likely N-dealkylation sites (tertiary alicyclic amines) is 1. The van der Waals surface area contributed by atoms with E-state index >= 15 is 0 Å². The zero-order valence-corrected chi connectivity index (χ0v) is 12.4. The van der Waals surface area contributed by atoms with Gasteiger partial charge in [-0.1, -0.05) is 36.4 Å². The van der Waals surface area contributed by atoms with Crippen LogP contribution < -0.4 is 9.47 Å². The third kappa shape index (κ3) is 3.79. The Morgan fingerprint density at radius 1 is 0.909 bits per heavy atom. The van der Waals surface area contributed by atoms with Crippen molar-refractivity contribution >= 4 is 5.91 Å². The molecule has 0 spiro atoms. The summed E-state index contributed by atoms with van der Waals surface area (Å²) in [6.07, 6.45) is 0. The summed E-state index contributed by atoms with van der Waals surface area (Å²) >= 11 is 0. The summed E-state index contributed by atoms with van der Waals surface area (Å²) in [5.41, 5.74) is 0. The van der Waals surface area contributed by atoms with Crippen LogP contribution in [0.25, 0.3) is 0 Å². The highest BCUT2D eigenvalue weighted by Gasteiger charge is 2.31. The molecule has 1 aliphatic rings. The Balaban J connectivity index is 1.35. The molecular formula is C18H19NO3. The number of amides is 1. The molecule has 0 aromatic heterocycles. The summed E-state index contributed by atoms with van der Waals surface area (Å²) in [5.74, 6) is 2.03. The predicted octanol–water partition coefficient (Wildman–Crippen LogP) is 2.60. The van der Waals surface area contributed by atoms with E-state index in [0.717, 1.165) is 24.6 Å². The Hall–Kier alpha value is -2.49. The van der Waals surface area contributed by atoms with Crippen LogP contribution in [0.3, 0.4) is 0 Å². The molecule has 0 aliphatic carbocycles. The molecule has 0 atom stereocenters. The van der Waals surface area contributed by atoms with Gasteiger partial charge in [0, 0.05) is 19.0 Å². The SMILES string of the molecule is O=C(COc1ccccc1)N1CC(COc2ccccc2)C1. The highest BCUT2D eigenvalue weighted by atomic mass is 16.5. The zero-order chi connectivity index (χ0) is 15.2. The highest BCUT2D eigenvalue weighted by molar-refractivity contribution is 5.78. The van der Waals surface area contributed by atoms with Crippen LogP contribution in [-0.2, 0) is 4.79 Å². The third-order valence-electron chi connectivity index (χ3n) is 3.64. The molecule has 22 heavy (non-hydrogen) atoms. The Bertz CT molecular complexity index is 594. The Labute approximate surface area is 130 Å². The maximum Gasteiger partial charge on any atom is 0.260 e. The molecule has 1 aliphatic heterocycles. The molecule has 2 aromatic carbocycles. The smallest absolute Gasteiger partial charge is 0.260 e. The first-order valence-electron chi connectivity index (χ1n) is 7.45. The fourth-order valence-corrected chi connectivity index (χ4v) is 2.36. The Morgan fingerprint density at radius 2 is 1.45 bits per heavy atom. The zero-order valence-electron chi connectivity index (χ0n) is 12.4. The first kappa shape index (κ1) is 14.4. The Kier molecular flexibility index (Phi) is 4.59. The number of ether oxygens (including phenoxy) is 2. The van der Waals surface area contributed by atoms with Crippen LogP contribution in [0.1, 0.15) is 0 Å². The van der Waals surface area contributed by atoms with Crippen LogP contribution in [0.2, 0.25) is 0 Å². The lowest BCUT2D eigenvalue weighted by molar-refractivity contribution is -0.140. The number of carbonyl (C=O) groups is 1. The van der Waals surface area contributed by atoms with E-state index in [2.05, 4.69) is 0 Å². The van der Waals surface area contributed by atoms with E-state index in [1.807, 2.05) is 65.6 Å².